The molecule has 9 aromatic rings. The van der Waals surface area contributed by atoms with E-state index in [9.17, 15) is 0 Å². The van der Waals surface area contributed by atoms with Gasteiger partial charge in [0.25, 0.3) is 6.71 Å². The first kappa shape index (κ1) is 57.0. The Labute approximate surface area is 520 Å². The van der Waals surface area contributed by atoms with Crippen molar-refractivity contribution < 1.29 is 0 Å². The van der Waals surface area contributed by atoms with E-state index in [1.807, 2.05) is 0 Å². The maximum atomic E-state index is 2.78. The second kappa shape index (κ2) is 19.1. The van der Waals surface area contributed by atoms with Crippen LogP contribution >= 0.6 is 11.3 Å². The lowest BCUT2D eigenvalue weighted by Gasteiger charge is -2.47. The van der Waals surface area contributed by atoms with Crippen molar-refractivity contribution in [3.63, 3.8) is 0 Å². The first-order valence-corrected chi connectivity index (χ1v) is 33.1. The normalized spacial score (nSPS) is 19.0. The first-order valence-electron chi connectivity index (χ1n) is 32.3. The van der Waals surface area contributed by atoms with Crippen molar-refractivity contribution in [3.05, 3.63) is 214 Å². The molecular weight excluding hydrogens is 1060 g/mol. The van der Waals surface area contributed by atoms with Crippen LogP contribution in [0.4, 0.5) is 51.2 Å². The van der Waals surface area contributed by atoms with Gasteiger partial charge in [-0.3, -0.25) is 0 Å². The highest BCUT2D eigenvalue weighted by atomic mass is 32.1. The Morgan fingerprint density at radius 1 is 0.395 bits per heavy atom. The fourth-order valence-electron chi connectivity index (χ4n) is 16.2. The molecule has 0 spiro atoms. The third kappa shape index (κ3) is 8.83. The van der Waals surface area contributed by atoms with E-state index < -0.39 is 0 Å². The maximum absolute atomic E-state index is 2.78. The van der Waals surface area contributed by atoms with E-state index in [-0.39, 0.29) is 50.0 Å². The molecule has 5 heteroatoms. The third-order valence-corrected chi connectivity index (χ3v) is 23.5. The van der Waals surface area contributed by atoms with Gasteiger partial charge in [0.2, 0.25) is 0 Å². The zero-order valence-electron chi connectivity index (χ0n) is 54.7. The van der Waals surface area contributed by atoms with Gasteiger partial charge in [-0.15, -0.1) is 11.3 Å². The smallest absolute Gasteiger partial charge is 0.264 e. The molecule has 0 N–H and O–H groups in total. The molecule has 8 aromatic carbocycles. The molecule has 0 saturated carbocycles. The first-order chi connectivity index (χ1) is 40.5. The number of hydrogen-bond donors (Lipinski definition) is 0. The molecule has 2 aliphatic heterocycles. The third-order valence-electron chi connectivity index (χ3n) is 22.3. The predicted molar refractivity (Wildman–Crippen MR) is 374 cm³/mol. The van der Waals surface area contributed by atoms with Gasteiger partial charge < -0.3 is 14.7 Å². The zero-order chi connectivity index (χ0) is 60.6. The number of anilines is 9. The molecule has 0 amide bonds. The molecule has 0 fully saturated rings. The van der Waals surface area contributed by atoms with Crippen molar-refractivity contribution in [2.45, 2.75) is 200 Å². The highest BCUT2D eigenvalue weighted by Gasteiger charge is 2.50. The summed E-state index contributed by atoms with van der Waals surface area (Å²) < 4.78 is 2.84. The molecule has 0 unspecified atom stereocenters. The molecule has 14 rings (SSSR count). The Morgan fingerprint density at radius 2 is 0.849 bits per heavy atom. The molecule has 3 nitrogen and oxygen atoms in total. The monoisotopic (exact) mass is 1150 g/mol. The molecule has 1 aromatic heterocycles. The van der Waals surface area contributed by atoms with Crippen molar-refractivity contribution in [3.8, 4) is 0 Å². The lowest BCUT2D eigenvalue weighted by atomic mass is 9.35. The summed E-state index contributed by atoms with van der Waals surface area (Å²) in [5.41, 5.74) is 26.7. The lowest BCUT2D eigenvalue weighted by molar-refractivity contribution is 0.332. The maximum Gasteiger partial charge on any atom is 0.264 e. The minimum Gasteiger partial charge on any atom is -0.311 e. The fraction of sp³-hybridized carbons (Fsp3) is 0.383. The average molecular weight is 1150 g/mol. The summed E-state index contributed by atoms with van der Waals surface area (Å²) in [6, 6.07) is 64.9. The molecule has 3 heterocycles. The van der Waals surface area contributed by atoms with Crippen LogP contribution in [0, 0.1) is 0 Å². The van der Waals surface area contributed by atoms with Crippen LogP contribution in [0.3, 0.4) is 0 Å². The van der Waals surface area contributed by atoms with Gasteiger partial charge in [0.1, 0.15) is 0 Å². The highest BCUT2D eigenvalue weighted by molar-refractivity contribution is 7.33. The largest absolute Gasteiger partial charge is 0.311 e. The van der Waals surface area contributed by atoms with Crippen LogP contribution in [0.25, 0.3) is 10.1 Å². The van der Waals surface area contributed by atoms with Gasteiger partial charge in [0, 0.05) is 60.1 Å². The fourth-order valence-corrected chi connectivity index (χ4v) is 17.5. The summed E-state index contributed by atoms with van der Waals surface area (Å²) in [6.45, 7) is 41.7. The Balaban J connectivity index is 1.13. The number of para-hydroxylation sites is 1. The molecular formula is C81H90BN3S. The van der Waals surface area contributed by atoms with Gasteiger partial charge in [-0.2, -0.15) is 0 Å². The van der Waals surface area contributed by atoms with E-state index in [1.54, 1.807) is 0 Å². The van der Waals surface area contributed by atoms with E-state index >= 15 is 0 Å². The topological polar surface area (TPSA) is 9.72 Å². The zero-order valence-corrected chi connectivity index (χ0v) is 55.5. The molecule has 0 bridgehead atoms. The van der Waals surface area contributed by atoms with Crippen molar-refractivity contribution in [1.29, 1.82) is 0 Å². The van der Waals surface area contributed by atoms with Crippen LogP contribution in [0.2, 0.25) is 0 Å². The van der Waals surface area contributed by atoms with Crippen LogP contribution in [0.5, 0.6) is 0 Å². The number of rotatable bonds is 7. The minimum atomic E-state index is -0.188. The molecule has 5 aliphatic rings. The summed E-state index contributed by atoms with van der Waals surface area (Å²) in [6.07, 6.45) is 6.98. The van der Waals surface area contributed by atoms with Crippen LogP contribution in [0.1, 0.15) is 206 Å². The molecule has 86 heavy (non-hydrogen) atoms. The summed E-state index contributed by atoms with van der Waals surface area (Å²) in [5, 5.41) is 1.38. The van der Waals surface area contributed by atoms with Gasteiger partial charge in [-0.05, 0) is 216 Å². The van der Waals surface area contributed by atoms with E-state index in [1.165, 1.54) is 129 Å². The van der Waals surface area contributed by atoms with E-state index in [0.717, 1.165) is 36.3 Å². The minimum absolute atomic E-state index is 0.000114. The Hall–Kier alpha value is -6.82. The summed E-state index contributed by atoms with van der Waals surface area (Å²) in [5.74, 6) is 0. The summed E-state index contributed by atoms with van der Waals surface area (Å²) >= 11 is 2.08. The van der Waals surface area contributed by atoms with Gasteiger partial charge in [-0.25, -0.2) is 0 Å². The van der Waals surface area contributed by atoms with Crippen molar-refractivity contribution in [2.75, 3.05) is 14.7 Å². The predicted octanol–water partition coefficient (Wildman–Crippen LogP) is 21.1. The summed E-state index contributed by atoms with van der Waals surface area (Å²) in [4.78, 5) is 8.02. The summed E-state index contributed by atoms with van der Waals surface area (Å²) in [7, 11) is 0. The number of fused-ring (bicyclic) bond motifs is 9. The van der Waals surface area contributed by atoms with Gasteiger partial charge in [0.15, 0.2) is 0 Å². The van der Waals surface area contributed by atoms with Gasteiger partial charge in [-0.1, -0.05) is 203 Å². The van der Waals surface area contributed by atoms with Crippen molar-refractivity contribution in [2.24, 2.45) is 0 Å². The van der Waals surface area contributed by atoms with Crippen molar-refractivity contribution in [1.82, 2.24) is 0 Å². The van der Waals surface area contributed by atoms with E-state index in [4.69, 9.17) is 0 Å². The van der Waals surface area contributed by atoms with Crippen LogP contribution < -0.4 is 30.4 Å². The van der Waals surface area contributed by atoms with Gasteiger partial charge >= 0.3 is 0 Å². The van der Waals surface area contributed by atoms with E-state index in [2.05, 4.69) is 308 Å². The lowest BCUT2D eigenvalue weighted by Crippen LogP contribution is -2.61. The average Bonchev–Trinajstić information content (AvgIpc) is 1.27. The van der Waals surface area contributed by atoms with E-state index in [0.29, 0.717) is 0 Å². The number of thiophene rings is 1. The Bertz CT molecular complexity index is 4180. The standard InChI is InChI=1S/C81H90BN3S/c1-74(2,3)51-28-32-56(33-29-51)84-67-49-64-63(78(10,11)41-42-79(64,12)13)48-66(67)82-71-68(84)45-58(83(54-26-22-19-23-27-54)55-34-30-53(31-35-55)81(16,17)52-24-20-18-21-25-52)46-69(71)85(57-36-37-60-61(44-57)76(6,7)39-38-75(60,4)5)72-59-47-62-65(50-70(59)86-73(72)82)80(14,15)43-40-77(62,8)9/h18-37,44-50H,38-43H2,1-17H3. The number of benzene rings is 8. The molecule has 3 aliphatic carbocycles. The Morgan fingerprint density at radius 3 is 1.42 bits per heavy atom. The van der Waals surface area contributed by atoms with Gasteiger partial charge in [0.05, 0.1) is 11.4 Å². The highest BCUT2D eigenvalue weighted by Crippen LogP contribution is 2.57. The molecule has 0 atom stereocenters. The van der Waals surface area contributed by atoms with Crippen LogP contribution in [-0.2, 0) is 43.3 Å². The number of hydrogen-bond acceptors (Lipinski definition) is 4. The molecule has 438 valence electrons. The quantitative estimate of drug-likeness (QED) is 0.147. The SMILES string of the molecule is CC(C)(C)c1ccc(N2c3cc4c(cc3B3c5sc6cc7c(cc6c5N(c5ccc6c(c5)C(C)(C)CCC6(C)C)c5cc(N(c6ccccc6)c6ccc(C(C)(C)c8ccccc8)cc6)cc2c53)C(C)(C)CCC7(C)C)C(C)(C)CCC4(C)C)cc1. The molecule has 0 saturated heterocycles. The number of nitrogens with zero attached hydrogens (tertiary/aromatic N) is 3. The van der Waals surface area contributed by atoms with Crippen LogP contribution in [0.15, 0.2) is 164 Å². The van der Waals surface area contributed by atoms with Crippen molar-refractivity contribution >= 4 is 95.0 Å². The second-order valence-electron chi connectivity index (χ2n) is 32.2. The van der Waals surface area contributed by atoms with Crippen LogP contribution in [-0.4, -0.2) is 6.71 Å². The second-order valence-corrected chi connectivity index (χ2v) is 33.3. The molecule has 0 radical (unpaired) electrons. The Kier molecular flexibility index (Phi) is 12.6.